The standard InChI is InChI=1S/C18H26N6O5/c1-11(2)22-18(29)23-12-5-9-24(17(28)13-10-19-7-8-20-13)15(12)16(27)21-6-3-4-14(25)26/h7-8,10-12,15H,3-6,9H2,1-2H3,(H,21,27)(H,25,26)(H2,22,23,29)/t12-,15-/m0/s1. The van der Waals surface area contributed by atoms with Crippen LogP contribution in [0, 0.1) is 0 Å². The first-order valence-electron chi connectivity index (χ1n) is 9.43. The molecule has 2 atom stereocenters. The third-order valence-electron chi connectivity index (χ3n) is 4.31. The Balaban J connectivity index is 2.12. The molecule has 0 saturated carbocycles. The molecular weight excluding hydrogens is 380 g/mol. The molecule has 0 spiro atoms. The van der Waals surface area contributed by atoms with E-state index in [1.54, 1.807) is 0 Å². The first kappa shape index (κ1) is 22.1. The van der Waals surface area contributed by atoms with Gasteiger partial charge in [0.1, 0.15) is 11.7 Å². The Hall–Kier alpha value is -3.24. The van der Waals surface area contributed by atoms with E-state index in [1.165, 1.54) is 23.5 Å². The highest BCUT2D eigenvalue weighted by Crippen LogP contribution is 2.21. The van der Waals surface area contributed by atoms with Crippen LogP contribution >= 0.6 is 0 Å². The van der Waals surface area contributed by atoms with Gasteiger partial charge in [0.25, 0.3) is 5.91 Å². The zero-order chi connectivity index (χ0) is 21.4. The van der Waals surface area contributed by atoms with Gasteiger partial charge in [-0.05, 0) is 26.7 Å². The van der Waals surface area contributed by atoms with E-state index in [2.05, 4.69) is 25.9 Å². The number of urea groups is 1. The zero-order valence-corrected chi connectivity index (χ0v) is 16.4. The Bertz CT molecular complexity index is 742. The van der Waals surface area contributed by atoms with Crippen LogP contribution in [0.25, 0.3) is 0 Å². The van der Waals surface area contributed by atoms with Gasteiger partial charge in [-0.2, -0.15) is 0 Å². The molecule has 1 saturated heterocycles. The van der Waals surface area contributed by atoms with Crippen LogP contribution in [0.15, 0.2) is 18.6 Å². The fourth-order valence-electron chi connectivity index (χ4n) is 3.08. The minimum Gasteiger partial charge on any atom is -0.481 e. The van der Waals surface area contributed by atoms with Crippen LogP contribution in [0.4, 0.5) is 4.79 Å². The Labute approximate surface area is 168 Å². The molecule has 4 N–H and O–H groups in total. The monoisotopic (exact) mass is 406 g/mol. The predicted octanol–water partition coefficient (Wildman–Crippen LogP) is -0.252. The Morgan fingerprint density at radius 3 is 2.66 bits per heavy atom. The van der Waals surface area contributed by atoms with Crippen LogP contribution in [0.5, 0.6) is 0 Å². The summed E-state index contributed by atoms with van der Waals surface area (Å²) >= 11 is 0. The third-order valence-corrected chi connectivity index (χ3v) is 4.31. The molecule has 1 fully saturated rings. The summed E-state index contributed by atoms with van der Waals surface area (Å²) in [7, 11) is 0. The largest absolute Gasteiger partial charge is 0.481 e. The van der Waals surface area contributed by atoms with Crippen molar-refractivity contribution in [2.24, 2.45) is 0 Å². The summed E-state index contributed by atoms with van der Waals surface area (Å²) in [6.07, 6.45) is 4.72. The molecule has 158 valence electrons. The van der Waals surface area contributed by atoms with Gasteiger partial charge >= 0.3 is 12.0 Å². The van der Waals surface area contributed by atoms with Gasteiger partial charge < -0.3 is 26.0 Å². The average molecular weight is 406 g/mol. The lowest BCUT2D eigenvalue weighted by atomic mass is 10.1. The Morgan fingerprint density at radius 2 is 2.03 bits per heavy atom. The molecule has 1 aromatic rings. The maximum absolute atomic E-state index is 12.8. The number of rotatable bonds is 8. The number of aliphatic carboxylic acids is 1. The lowest BCUT2D eigenvalue weighted by Gasteiger charge is -2.27. The van der Waals surface area contributed by atoms with Gasteiger partial charge in [-0.1, -0.05) is 0 Å². The smallest absolute Gasteiger partial charge is 0.315 e. The van der Waals surface area contributed by atoms with Crippen LogP contribution in [0.3, 0.4) is 0 Å². The Morgan fingerprint density at radius 1 is 1.28 bits per heavy atom. The number of hydrogen-bond donors (Lipinski definition) is 4. The first-order valence-corrected chi connectivity index (χ1v) is 9.43. The highest BCUT2D eigenvalue weighted by Gasteiger charge is 2.43. The van der Waals surface area contributed by atoms with Gasteiger partial charge in [-0.3, -0.25) is 19.4 Å². The number of likely N-dealkylation sites (tertiary alicyclic amines) is 1. The molecule has 0 aliphatic carbocycles. The molecule has 1 aromatic heterocycles. The minimum absolute atomic E-state index is 0.0777. The lowest BCUT2D eigenvalue weighted by Crippen LogP contribution is -2.56. The van der Waals surface area contributed by atoms with Crippen molar-refractivity contribution in [3.63, 3.8) is 0 Å². The van der Waals surface area contributed by atoms with E-state index in [1.807, 2.05) is 13.8 Å². The van der Waals surface area contributed by atoms with Gasteiger partial charge in [0.05, 0.1) is 12.2 Å². The summed E-state index contributed by atoms with van der Waals surface area (Å²) in [5.74, 6) is -1.87. The second-order valence-corrected chi connectivity index (χ2v) is 6.99. The second-order valence-electron chi connectivity index (χ2n) is 6.99. The van der Waals surface area contributed by atoms with E-state index in [0.29, 0.717) is 6.42 Å². The van der Waals surface area contributed by atoms with Crippen LogP contribution in [0.1, 0.15) is 43.6 Å². The molecule has 0 radical (unpaired) electrons. The summed E-state index contributed by atoms with van der Waals surface area (Å²) in [6, 6.07) is -2.04. The van der Waals surface area contributed by atoms with E-state index >= 15 is 0 Å². The van der Waals surface area contributed by atoms with Crippen molar-refractivity contribution in [2.45, 2.75) is 51.2 Å². The van der Waals surface area contributed by atoms with Crippen molar-refractivity contribution < 1.29 is 24.3 Å². The number of carbonyl (C=O) groups is 4. The summed E-state index contributed by atoms with van der Waals surface area (Å²) in [4.78, 5) is 57.6. The summed E-state index contributed by atoms with van der Waals surface area (Å²) in [6.45, 7) is 4.03. The quantitative estimate of drug-likeness (QED) is 0.434. The molecule has 0 aromatic carbocycles. The Kier molecular flexibility index (Phi) is 7.87. The maximum atomic E-state index is 12.8. The summed E-state index contributed by atoms with van der Waals surface area (Å²) in [5.41, 5.74) is 0.100. The summed E-state index contributed by atoms with van der Waals surface area (Å²) in [5, 5.41) is 16.8. The second kappa shape index (κ2) is 10.3. The van der Waals surface area contributed by atoms with Crippen LogP contribution < -0.4 is 16.0 Å². The molecule has 29 heavy (non-hydrogen) atoms. The van der Waals surface area contributed by atoms with Crippen molar-refractivity contribution in [1.82, 2.24) is 30.8 Å². The van der Waals surface area contributed by atoms with E-state index in [4.69, 9.17) is 5.11 Å². The van der Waals surface area contributed by atoms with Crippen molar-refractivity contribution >= 4 is 23.8 Å². The molecule has 1 aliphatic heterocycles. The van der Waals surface area contributed by atoms with Gasteiger partial charge in [0.2, 0.25) is 5.91 Å². The number of amides is 4. The average Bonchev–Trinajstić information content (AvgIpc) is 3.07. The maximum Gasteiger partial charge on any atom is 0.315 e. The zero-order valence-electron chi connectivity index (χ0n) is 16.4. The van der Waals surface area contributed by atoms with E-state index < -0.39 is 35.9 Å². The van der Waals surface area contributed by atoms with Crippen LogP contribution in [-0.2, 0) is 9.59 Å². The summed E-state index contributed by atoms with van der Waals surface area (Å²) < 4.78 is 0. The number of aromatic nitrogens is 2. The number of nitrogens with zero attached hydrogens (tertiary/aromatic N) is 3. The molecule has 11 heteroatoms. The van der Waals surface area contributed by atoms with Crippen molar-refractivity contribution in [2.75, 3.05) is 13.1 Å². The first-order chi connectivity index (χ1) is 13.8. The molecule has 1 aliphatic rings. The van der Waals surface area contributed by atoms with E-state index in [-0.39, 0.29) is 37.7 Å². The highest BCUT2D eigenvalue weighted by atomic mass is 16.4. The molecule has 11 nitrogen and oxygen atoms in total. The molecule has 2 rings (SSSR count). The predicted molar refractivity (Wildman–Crippen MR) is 102 cm³/mol. The van der Waals surface area contributed by atoms with Crippen LogP contribution in [-0.4, -0.2) is 75.0 Å². The number of carboxylic acids is 1. The van der Waals surface area contributed by atoms with Crippen molar-refractivity contribution in [3.8, 4) is 0 Å². The number of carboxylic acid groups (broad SMARTS) is 1. The molecule has 4 amide bonds. The fourth-order valence-corrected chi connectivity index (χ4v) is 3.08. The normalized spacial score (nSPS) is 18.4. The third kappa shape index (κ3) is 6.40. The SMILES string of the molecule is CC(C)NC(=O)N[C@H]1CCN(C(=O)c2cnccn2)[C@@H]1C(=O)NCCCC(=O)O. The molecular formula is C18H26N6O5. The number of nitrogens with one attached hydrogen (secondary N) is 3. The van der Waals surface area contributed by atoms with E-state index in [9.17, 15) is 19.2 Å². The fraction of sp³-hybridized carbons (Fsp3) is 0.556. The molecule has 0 unspecified atom stereocenters. The van der Waals surface area contributed by atoms with Crippen molar-refractivity contribution in [1.29, 1.82) is 0 Å². The van der Waals surface area contributed by atoms with Gasteiger partial charge in [-0.25, -0.2) is 9.78 Å². The topological polar surface area (TPSA) is 154 Å². The van der Waals surface area contributed by atoms with E-state index in [0.717, 1.165) is 0 Å². The van der Waals surface area contributed by atoms with Crippen LogP contribution in [0.2, 0.25) is 0 Å². The molecule has 2 heterocycles. The van der Waals surface area contributed by atoms with Gasteiger partial charge in [-0.15, -0.1) is 0 Å². The van der Waals surface area contributed by atoms with Gasteiger partial charge in [0, 0.05) is 37.9 Å². The number of carbonyl (C=O) groups excluding carboxylic acids is 3. The number of hydrogen-bond acceptors (Lipinski definition) is 6. The van der Waals surface area contributed by atoms with Gasteiger partial charge in [0.15, 0.2) is 0 Å². The van der Waals surface area contributed by atoms with Crippen molar-refractivity contribution in [3.05, 3.63) is 24.3 Å². The highest BCUT2D eigenvalue weighted by molar-refractivity contribution is 5.97. The lowest BCUT2D eigenvalue weighted by molar-refractivity contribution is -0.137. The molecule has 0 bridgehead atoms. The minimum atomic E-state index is -0.954.